The zero-order valence-corrected chi connectivity index (χ0v) is 19.1. The molecule has 1 aromatic heterocycles. The molecule has 6 heteroatoms. The Morgan fingerprint density at radius 3 is 2.45 bits per heavy atom. The number of rotatable bonds is 7. The van der Waals surface area contributed by atoms with Crippen molar-refractivity contribution in [1.29, 1.82) is 0 Å². The number of ketones is 1. The highest BCUT2D eigenvalue weighted by Crippen LogP contribution is 2.35. The largest absolute Gasteiger partial charge is 0.494 e. The third kappa shape index (κ3) is 5.06. The van der Waals surface area contributed by atoms with E-state index >= 15 is 0 Å². The molecule has 1 heterocycles. The average molecular weight is 425 g/mol. The fourth-order valence-corrected chi connectivity index (χ4v) is 3.98. The lowest BCUT2D eigenvalue weighted by atomic mass is 9.75. The van der Waals surface area contributed by atoms with Crippen LogP contribution in [0.15, 0.2) is 35.1 Å². The molecule has 0 fully saturated rings. The molecule has 0 aliphatic heterocycles. The van der Waals surface area contributed by atoms with Crippen LogP contribution < -0.4 is 15.6 Å². The monoisotopic (exact) mass is 424 g/mol. The smallest absolute Gasteiger partial charge is 0.268 e. The van der Waals surface area contributed by atoms with E-state index in [9.17, 15) is 14.4 Å². The third-order valence-electron chi connectivity index (χ3n) is 5.55. The van der Waals surface area contributed by atoms with Gasteiger partial charge in [0.15, 0.2) is 5.78 Å². The van der Waals surface area contributed by atoms with E-state index in [4.69, 9.17) is 4.74 Å². The van der Waals surface area contributed by atoms with E-state index < -0.39 is 11.5 Å². The highest BCUT2D eigenvalue weighted by atomic mass is 16.5. The molecular formula is C25H32N2O4. The molecule has 3 rings (SSSR count). The summed E-state index contributed by atoms with van der Waals surface area (Å²) in [4.78, 5) is 39.2. The number of hydrogen-bond acceptors (Lipinski definition) is 4. The molecule has 0 unspecified atom stereocenters. The highest BCUT2D eigenvalue weighted by Gasteiger charge is 2.35. The van der Waals surface area contributed by atoms with Gasteiger partial charge in [0.05, 0.1) is 6.61 Å². The first kappa shape index (κ1) is 22.8. The van der Waals surface area contributed by atoms with E-state index in [1.807, 2.05) is 20.8 Å². The first-order chi connectivity index (χ1) is 14.6. The Kier molecular flexibility index (Phi) is 6.68. The van der Waals surface area contributed by atoms with E-state index in [-0.39, 0.29) is 16.8 Å². The molecule has 1 aromatic carbocycles. The van der Waals surface area contributed by atoms with Crippen molar-refractivity contribution in [1.82, 2.24) is 9.88 Å². The van der Waals surface area contributed by atoms with Crippen LogP contribution in [0.5, 0.6) is 5.75 Å². The molecule has 0 radical (unpaired) electrons. The van der Waals surface area contributed by atoms with Crippen molar-refractivity contribution in [3.8, 4) is 11.4 Å². The minimum absolute atomic E-state index is 0.00412. The average Bonchev–Trinajstić information content (AvgIpc) is 2.67. The van der Waals surface area contributed by atoms with Crippen LogP contribution in [0.3, 0.4) is 0 Å². The van der Waals surface area contributed by atoms with E-state index in [1.54, 1.807) is 24.3 Å². The van der Waals surface area contributed by atoms with Crippen LogP contribution in [0, 0.1) is 11.3 Å². The number of carbonyl (C=O) groups excluding carboxylic acids is 2. The number of benzene rings is 1. The molecule has 0 atom stereocenters. The maximum absolute atomic E-state index is 13.5. The van der Waals surface area contributed by atoms with Gasteiger partial charge < -0.3 is 10.1 Å². The molecule has 166 valence electrons. The normalized spacial score (nSPS) is 15.0. The van der Waals surface area contributed by atoms with Crippen molar-refractivity contribution in [2.45, 2.75) is 53.9 Å². The molecule has 1 aliphatic rings. The number of amides is 1. The molecule has 0 spiro atoms. The zero-order valence-electron chi connectivity index (χ0n) is 19.1. The molecule has 6 nitrogen and oxygen atoms in total. The lowest BCUT2D eigenvalue weighted by molar-refractivity contribution is 0.0908. The topological polar surface area (TPSA) is 77.4 Å². The number of fused-ring (bicyclic) bond motifs is 1. The fraction of sp³-hybridized carbons (Fsp3) is 0.480. The van der Waals surface area contributed by atoms with Crippen LogP contribution in [-0.2, 0) is 6.42 Å². The van der Waals surface area contributed by atoms with E-state index in [2.05, 4.69) is 19.2 Å². The van der Waals surface area contributed by atoms with Crippen LogP contribution >= 0.6 is 0 Å². The molecular weight excluding hydrogens is 392 g/mol. The molecule has 0 bridgehead atoms. The number of nitrogens with one attached hydrogen (secondary N) is 1. The second-order valence-electron chi connectivity index (χ2n) is 9.37. The number of pyridine rings is 1. The van der Waals surface area contributed by atoms with Crippen LogP contribution in [0.1, 0.15) is 73.9 Å². The molecule has 1 amide bonds. The van der Waals surface area contributed by atoms with Gasteiger partial charge in [-0.25, -0.2) is 0 Å². The molecule has 2 aromatic rings. The van der Waals surface area contributed by atoms with Gasteiger partial charge in [0.25, 0.3) is 11.5 Å². The summed E-state index contributed by atoms with van der Waals surface area (Å²) < 4.78 is 7.04. The van der Waals surface area contributed by atoms with Crippen LogP contribution in [0.4, 0.5) is 0 Å². The minimum atomic E-state index is -0.439. The van der Waals surface area contributed by atoms with Crippen molar-refractivity contribution >= 4 is 11.7 Å². The van der Waals surface area contributed by atoms with Crippen LogP contribution in [0.2, 0.25) is 0 Å². The lowest BCUT2D eigenvalue weighted by Gasteiger charge is -2.32. The Balaban J connectivity index is 2.13. The summed E-state index contributed by atoms with van der Waals surface area (Å²) in [5, 5.41) is 2.83. The summed E-state index contributed by atoms with van der Waals surface area (Å²) in [6.07, 6.45) is 1.78. The Hall–Kier alpha value is -2.89. The molecule has 0 saturated heterocycles. The Bertz CT molecular complexity index is 1030. The van der Waals surface area contributed by atoms with E-state index in [0.29, 0.717) is 54.6 Å². The van der Waals surface area contributed by atoms with Crippen molar-refractivity contribution in [3.63, 3.8) is 0 Å². The van der Waals surface area contributed by atoms with Crippen molar-refractivity contribution in [2.24, 2.45) is 11.3 Å². The summed E-state index contributed by atoms with van der Waals surface area (Å²) in [5.41, 5.74) is 1.08. The molecule has 0 saturated carbocycles. The Morgan fingerprint density at radius 2 is 1.84 bits per heavy atom. The van der Waals surface area contributed by atoms with Gasteiger partial charge >= 0.3 is 0 Å². The quantitative estimate of drug-likeness (QED) is 0.724. The number of Topliss-reactive ketones (excluding diaryl/α,β-unsaturated/α-hetero) is 1. The maximum Gasteiger partial charge on any atom is 0.268 e. The predicted molar refractivity (Wildman–Crippen MR) is 121 cm³/mol. The van der Waals surface area contributed by atoms with Gasteiger partial charge in [0.1, 0.15) is 11.3 Å². The lowest BCUT2D eigenvalue weighted by Crippen LogP contribution is -2.39. The van der Waals surface area contributed by atoms with Gasteiger partial charge in [0, 0.05) is 29.9 Å². The number of nitrogens with zero attached hydrogens (tertiary/aromatic N) is 1. The van der Waals surface area contributed by atoms with Gasteiger partial charge in [-0.1, -0.05) is 27.7 Å². The fourth-order valence-electron chi connectivity index (χ4n) is 3.98. The van der Waals surface area contributed by atoms with Gasteiger partial charge in [-0.15, -0.1) is 0 Å². The summed E-state index contributed by atoms with van der Waals surface area (Å²) in [5.74, 6) is 0.660. The molecule has 1 N–H and O–H groups in total. The number of ether oxygens (including phenoxy) is 1. The SMILES string of the molecule is CCOc1ccc(-n2c3c(cc(C(=O)NCCC(C)C)c2=O)C(=O)CC(C)(C)C3)cc1. The predicted octanol–water partition coefficient (Wildman–Crippen LogP) is 4.17. The second-order valence-corrected chi connectivity index (χ2v) is 9.37. The Morgan fingerprint density at radius 1 is 1.16 bits per heavy atom. The zero-order chi connectivity index (χ0) is 22.8. The van der Waals surface area contributed by atoms with E-state index in [1.165, 1.54) is 10.6 Å². The summed E-state index contributed by atoms with van der Waals surface area (Å²) >= 11 is 0. The first-order valence-corrected chi connectivity index (χ1v) is 11.0. The van der Waals surface area contributed by atoms with Gasteiger partial charge in [-0.2, -0.15) is 0 Å². The summed E-state index contributed by atoms with van der Waals surface area (Å²) in [6, 6.07) is 8.66. The highest BCUT2D eigenvalue weighted by molar-refractivity contribution is 6.02. The Labute approximate surface area is 183 Å². The second kappa shape index (κ2) is 9.08. The summed E-state index contributed by atoms with van der Waals surface area (Å²) in [6.45, 7) is 11.1. The maximum atomic E-state index is 13.5. The number of hydrogen-bond donors (Lipinski definition) is 1. The summed E-state index contributed by atoms with van der Waals surface area (Å²) in [7, 11) is 0. The van der Waals surface area contributed by atoms with Crippen molar-refractivity contribution < 1.29 is 14.3 Å². The van der Waals surface area contributed by atoms with E-state index in [0.717, 1.165) is 6.42 Å². The van der Waals surface area contributed by atoms with Crippen molar-refractivity contribution in [2.75, 3.05) is 13.2 Å². The molecule has 1 aliphatic carbocycles. The van der Waals surface area contributed by atoms with Gasteiger partial charge in [-0.3, -0.25) is 19.0 Å². The first-order valence-electron chi connectivity index (χ1n) is 11.0. The van der Waals surface area contributed by atoms with Crippen molar-refractivity contribution in [3.05, 3.63) is 57.5 Å². The minimum Gasteiger partial charge on any atom is -0.494 e. The molecule has 31 heavy (non-hydrogen) atoms. The van der Waals surface area contributed by atoms with Gasteiger partial charge in [0.2, 0.25) is 0 Å². The third-order valence-corrected chi connectivity index (χ3v) is 5.55. The number of aromatic nitrogens is 1. The van der Waals surface area contributed by atoms with Crippen LogP contribution in [-0.4, -0.2) is 29.4 Å². The number of carbonyl (C=O) groups is 2. The van der Waals surface area contributed by atoms with Crippen LogP contribution in [0.25, 0.3) is 5.69 Å². The van der Waals surface area contributed by atoms with Gasteiger partial charge in [-0.05, 0) is 61.4 Å². The standard InChI is InChI=1S/C25H32N2O4/c1-6-31-18-9-7-17(8-10-18)27-21-14-25(4,5)15-22(28)19(21)13-20(24(27)30)23(29)26-12-11-16(2)3/h7-10,13,16H,6,11-12,14-15H2,1-5H3,(H,26,29).